The number of likely N-dealkylation sites (tertiary alicyclic amines) is 1. The third-order valence-corrected chi connectivity index (χ3v) is 10.9. The lowest BCUT2D eigenvalue weighted by atomic mass is 9.42. The molecule has 2 spiro atoms. The van der Waals surface area contributed by atoms with Crippen LogP contribution in [0.25, 0.3) is 0 Å². The van der Waals surface area contributed by atoms with Gasteiger partial charge in [-0.15, -0.1) is 0 Å². The Labute approximate surface area is 218 Å². The monoisotopic (exact) mass is 503 g/mol. The van der Waals surface area contributed by atoms with Crippen LogP contribution in [0.15, 0.2) is 24.4 Å². The van der Waals surface area contributed by atoms with Crippen molar-refractivity contribution in [2.75, 3.05) is 26.7 Å². The van der Waals surface area contributed by atoms with Gasteiger partial charge in [-0.1, -0.05) is 6.07 Å². The molecule has 2 saturated carbocycles. The van der Waals surface area contributed by atoms with E-state index in [1.54, 1.807) is 4.68 Å². The largest absolute Gasteiger partial charge is 0.504 e. The Hall–Kier alpha value is -2.74. The molecule has 3 aliphatic carbocycles. The van der Waals surface area contributed by atoms with Crippen LogP contribution in [0, 0.1) is 11.3 Å². The van der Waals surface area contributed by atoms with Crippen molar-refractivity contribution in [2.45, 2.75) is 75.1 Å². The van der Waals surface area contributed by atoms with Gasteiger partial charge in [-0.3, -0.25) is 9.58 Å². The molecular weight excluding hydrogens is 466 g/mol. The normalized spacial score (nSPS) is 35.2. The summed E-state index contributed by atoms with van der Waals surface area (Å²) in [5.74, 6) is 1.84. The molecule has 7 aliphatic rings. The van der Waals surface area contributed by atoms with Crippen LogP contribution in [0.5, 0.6) is 11.5 Å². The average molecular weight is 504 g/mol. The molecular formula is C29H37N5O3. The number of carbonyl (C=O) groups is 1. The van der Waals surface area contributed by atoms with Gasteiger partial charge in [-0.05, 0) is 75.1 Å². The second kappa shape index (κ2) is 7.43. The minimum atomic E-state index is -0.114. The van der Waals surface area contributed by atoms with E-state index in [2.05, 4.69) is 21.0 Å². The minimum absolute atomic E-state index is 0.0164. The quantitative estimate of drug-likeness (QED) is 0.693. The van der Waals surface area contributed by atoms with Gasteiger partial charge in [-0.2, -0.15) is 5.10 Å². The van der Waals surface area contributed by atoms with E-state index in [0.717, 1.165) is 56.8 Å². The maximum Gasteiger partial charge on any atom is 0.320 e. The number of nitrogens with zero attached hydrogens (tertiary/aromatic N) is 5. The zero-order valence-corrected chi connectivity index (χ0v) is 21.9. The maximum atomic E-state index is 14.0. The van der Waals surface area contributed by atoms with E-state index in [9.17, 15) is 9.90 Å². The summed E-state index contributed by atoms with van der Waals surface area (Å²) in [6.07, 6.45) is 9.77. The van der Waals surface area contributed by atoms with Crippen LogP contribution in [0.4, 0.5) is 4.79 Å². The molecule has 37 heavy (non-hydrogen) atoms. The highest BCUT2D eigenvalue weighted by Gasteiger charge is 2.74. The average Bonchev–Trinajstić information content (AvgIpc) is 3.57. The van der Waals surface area contributed by atoms with Crippen molar-refractivity contribution in [3.05, 3.63) is 41.2 Å². The Morgan fingerprint density at radius 3 is 2.84 bits per heavy atom. The first-order valence-corrected chi connectivity index (χ1v) is 14.2. The van der Waals surface area contributed by atoms with E-state index in [1.165, 1.54) is 30.5 Å². The van der Waals surface area contributed by atoms with Crippen LogP contribution in [0.2, 0.25) is 0 Å². The highest BCUT2D eigenvalue weighted by atomic mass is 16.5. The molecule has 2 amide bonds. The third kappa shape index (κ3) is 2.83. The number of benzene rings is 1. The Morgan fingerprint density at radius 1 is 1.19 bits per heavy atom. The maximum absolute atomic E-state index is 14.0. The number of piperidine rings is 1. The molecule has 1 N–H and O–H groups in total. The number of urea groups is 1. The van der Waals surface area contributed by atoms with E-state index in [4.69, 9.17) is 4.74 Å². The van der Waals surface area contributed by atoms with Crippen molar-refractivity contribution in [1.82, 2.24) is 24.5 Å². The molecule has 5 atom stereocenters. The zero-order chi connectivity index (χ0) is 25.1. The van der Waals surface area contributed by atoms with Crippen LogP contribution < -0.4 is 4.74 Å². The Bertz CT molecular complexity index is 1290. The summed E-state index contributed by atoms with van der Waals surface area (Å²) in [5.41, 5.74) is 3.53. The van der Waals surface area contributed by atoms with Crippen molar-refractivity contribution in [2.24, 2.45) is 18.4 Å². The topological polar surface area (TPSA) is 74.1 Å². The number of phenolic OH excluding ortho intramolecular Hbond substituents is 1. The predicted octanol–water partition coefficient (Wildman–Crippen LogP) is 3.27. The van der Waals surface area contributed by atoms with Gasteiger partial charge in [-0.25, -0.2) is 4.79 Å². The SMILES string of the molecule is CN(Cc1ccn(C)n1)C(=O)N1CC[C@@]23CC[C@@H]1[C@@H]1Oc4c(O)ccc5c4[C@@]12CCN(CC1CC1)[C@@H]3C5. The summed E-state index contributed by atoms with van der Waals surface area (Å²) >= 11 is 0. The molecule has 2 aromatic rings. The number of aryl methyl sites for hydroxylation is 1. The number of hydrogen-bond donors (Lipinski definition) is 1. The molecule has 5 fully saturated rings. The highest BCUT2D eigenvalue weighted by molar-refractivity contribution is 5.75. The van der Waals surface area contributed by atoms with E-state index in [-0.39, 0.29) is 34.8 Å². The number of rotatable bonds is 4. The molecule has 8 nitrogen and oxygen atoms in total. The van der Waals surface area contributed by atoms with Crippen LogP contribution in [0.1, 0.15) is 55.3 Å². The number of ether oxygens (including phenoxy) is 1. The summed E-state index contributed by atoms with van der Waals surface area (Å²) in [5, 5.41) is 15.4. The number of aromatic hydroxyl groups is 1. The fraction of sp³-hybridized carbons (Fsp3) is 0.655. The predicted molar refractivity (Wildman–Crippen MR) is 137 cm³/mol. The molecule has 3 saturated heterocycles. The summed E-state index contributed by atoms with van der Waals surface area (Å²) in [6.45, 7) is 3.58. The molecule has 196 valence electrons. The fourth-order valence-corrected chi connectivity index (χ4v) is 9.30. The smallest absolute Gasteiger partial charge is 0.320 e. The van der Waals surface area contributed by atoms with Crippen LogP contribution in [-0.4, -0.2) is 80.5 Å². The summed E-state index contributed by atoms with van der Waals surface area (Å²) in [7, 11) is 3.80. The molecule has 0 unspecified atom stereocenters. The van der Waals surface area contributed by atoms with Crippen molar-refractivity contribution in [1.29, 1.82) is 0 Å². The van der Waals surface area contributed by atoms with E-state index in [0.29, 0.717) is 18.3 Å². The summed E-state index contributed by atoms with van der Waals surface area (Å²) in [6, 6.07) is 6.53. The lowest BCUT2D eigenvalue weighted by molar-refractivity contribution is -0.129. The molecule has 1 aromatic heterocycles. The number of aromatic nitrogens is 2. The Morgan fingerprint density at radius 2 is 2.05 bits per heavy atom. The Kier molecular flexibility index (Phi) is 4.47. The molecule has 4 bridgehead atoms. The molecule has 0 radical (unpaired) electrons. The van der Waals surface area contributed by atoms with Gasteiger partial charge in [0.1, 0.15) is 6.10 Å². The third-order valence-electron chi connectivity index (χ3n) is 10.9. The standard InChI is InChI=1S/C29H37N5O3/c1-31(17-20-8-12-32(2)30-20)27(36)34-14-10-28-9-7-21(34)26-29(28)11-13-33(16-18-3-4-18)23(28)15-19-5-6-22(35)25(37-26)24(19)29/h5-6,8,12,18,21,23,26,35H,3-4,7,9-11,13-17H2,1-2H3/t21-,23-,26+,28-,29+/m1/s1. The van der Waals surface area contributed by atoms with Gasteiger partial charge < -0.3 is 19.6 Å². The molecule has 4 aliphatic heterocycles. The number of hydrogen-bond acceptors (Lipinski definition) is 5. The highest BCUT2D eigenvalue weighted by Crippen LogP contribution is 2.71. The van der Waals surface area contributed by atoms with Crippen molar-refractivity contribution < 1.29 is 14.6 Å². The van der Waals surface area contributed by atoms with Gasteiger partial charge in [0.05, 0.1) is 18.3 Å². The first-order chi connectivity index (χ1) is 17.9. The van der Waals surface area contributed by atoms with Gasteiger partial charge in [0.2, 0.25) is 0 Å². The lowest BCUT2D eigenvalue weighted by Crippen LogP contribution is -2.73. The van der Waals surface area contributed by atoms with E-state index < -0.39 is 0 Å². The number of phenols is 1. The van der Waals surface area contributed by atoms with E-state index >= 15 is 0 Å². The zero-order valence-electron chi connectivity index (χ0n) is 21.9. The van der Waals surface area contributed by atoms with Gasteiger partial charge >= 0.3 is 6.03 Å². The Balaban J connectivity index is 1.20. The van der Waals surface area contributed by atoms with Gasteiger partial charge in [0.25, 0.3) is 0 Å². The summed E-state index contributed by atoms with van der Waals surface area (Å²) in [4.78, 5) is 20.8. The minimum Gasteiger partial charge on any atom is -0.504 e. The number of carbonyl (C=O) groups excluding carboxylic acids is 1. The first kappa shape index (κ1) is 22.3. The van der Waals surface area contributed by atoms with Gasteiger partial charge in [0.15, 0.2) is 11.5 Å². The van der Waals surface area contributed by atoms with Gasteiger partial charge in [0, 0.05) is 55.8 Å². The number of fused-ring (bicyclic) bond motifs is 3. The second-order valence-electron chi connectivity index (χ2n) is 12.7. The molecule has 1 aromatic carbocycles. The number of amides is 2. The molecule has 5 heterocycles. The fourth-order valence-electron chi connectivity index (χ4n) is 9.30. The lowest BCUT2D eigenvalue weighted by Gasteiger charge is -2.66. The van der Waals surface area contributed by atoms with Crippen LogP contribution >= 0.6 is 0 Å². The molecule has 9 rings (SSSR count). The first-order valence-electron chi connectivity index (χ1n) is 14.2. The van der Waals surface area contributed by atoms with Crippen molar-refractivity contribution in [3.63, 3.8) is 0 Å². The van der Waals surface area contributed by atoms with E-state index in [1.807, 2.05) is 37.3 Å². The van der Waals surface area contributed by atoms with Crippen LogP contribution in [-0.2, 0) is 25.4 Å². The summed E-state index contributed by atoms with van der Waals surface area (Å²) < 4.78 is 8.62. The second-order valence-corrected chi connectivity index (χ2v) is 12.7. The van der Waals surface area contributed by atoms with Crippen molar-refractivity contribution >= 4 is 6.03 Å². The van der Waals surface area contributed by atoms with Crippen LogP contribution in [0.3, 0.4) is 0 Å². The van der Waals surface area contributed by atoms with Crippen molar-refractivity contribution in [3.8, 4) is 11.5 Å². The molecule has 8 heteroatoms.